The van der Waals surface area contributed by atoms with Gasteiger partial charge in [-0.05, 0) is 34.5 Å². The van der Waals surface area contributed by atoms with Gasteiger partial charge < -0.3 is 4.74 Å². The average molecular weight is 281 g/mol. The quantitative estimate of drug-likeness (QED) is 0.479. The second-order valence-corrected chi connectivity index (χ2v) is 3.86. The molecule has 0 radical (unpaired) electrons. The maximum absolute atomic E-state index is 11.2. The smallest absolute Gasteiger partial charge is 0.345 e. The number of carbonyl (C=O) groups is 1. The molecule has 0 unspecified atom stereocenters. The van der Waals surface area contributed by atoms with Gasteiger partial charge in [0.1, 0.15) is 4.48 Å². The monoisotopic (exact) mass is 280 g/mol. The van der Waals surface area contributed by atoms with Crippen molar-refractivity contribution in [2.75, 3.05) is 6.61 Å². The van der Waals surface area contributed by atoms with E-state index in [9.17, 15) is 4.79 Å². The molecule has 3 heteroatoms. The van der Waals surface area contributed by atoms with Gasteiger partial charge in [-0.1, -0.05) is 42.5 Å². The zero-order valence-electron chi connectivity index (χ0n) is 9.02. The van der Waals surface area contributed by atoms with E-state index >= 15 is 0 Å². The van der Waals surface area contributed by atoms with Crippen LogP contribution >= 0.6 is 15.9 Å². The summed E-state index contributed by atoms with van der Waals surface area (Å²) in [5.74, 6) is -0.347. The number of benzene rings is 1. The number of hydrogen-bond acceptors (Lipinski definition) is 2. The molecular formula is C13H13BrO2. The number of hydrogen-bond donors (Lipinski definition) is 0. The fourth-order valence-corrected chi connectivity index (χ4v) is 1.34. The molecule has 0 saturated heterocycles. The molecule has 0 spiro atoms. The summed E-state index contributed by atoms with van der Waals surface area (Å²) in [5, 5.41) is 0. The number of allylic oxidation sites excluding steroid dienone is 2. The standard InChI is InChI=1S/C13H13BrO2/c1-2-16-13(15)12(14)10-6-9-11-7-4-3-5-8-11/h3-10H,2H2,1H3. The minimum Gasteiger partial charge on any atom is -0.462 e. The molecule has 0 N–H and O–H groups in total. The van der Waals surface area contributed by atoms with Crippen LogP contribution < -0.4 is 0 Å². The SMILES string of the molecule is CCOC(=O)C(Br)=CC=Cc1ccccc1. The predicted octanol–water partition coefficient (Wildman–Crippen LogP) is 3.54. The summed E-state index contributed by atoms with van der Waals surface area (Å²) in [4.78, 5) is 11.2. The molecule has 2 nitrogen and oxygen atoms in total. The zero-order valence-corrected chi connectivity index (χ0v) is 10.6. The number of carbonyl (C=O) groups excluding carboxylic acids is 1. The van der Waals surface area contributed by atoms with Crippen LogP contribution in [-0.2, 0) is 9.53 Å². The second kappa shape index (κ2) is 7.01. The van der Waals surface area contributed by atoms with Gasteiger partial charge in [-0.2, -0.15) is 0 Å². The van der Waals surface area contributed by atoms with Crippen LogP contribution in [0.1, 0.15) is 12.5 Å². The Kier molecular flexibility index (Phi) is 5.57. The molecular weight excluding hydrogens is 268 g/mol. The first kappa shape index (κ1) is 12.7. The molecule has 0 bridgehead atoms. The van der Waals surface area contributed by atoms with Crippen molar-refractivity contribution in [1.29, 1.82) is 0 Å². The molecule has 0 aromatic heterocycles. The molecule has 1 rings (SSSR count). The van der Waals surface area contributed by atoms with Gasteiger partial charge in [0, 0.05) is 0 Å². The summed E-state index contributed by atoms with van der Waals surface area (Å²) < 4.78 is 5.24. The third-order valence-electron chi connectivity index (χ3n) is 1.80. The summed E-state index contributed by atoms with van der Waals surface area (Å²) in [6, 6.07) is 9.86. The molecule has 0 saturated carbocycles. The fourth-order valence-electron chi connectivity index (χ4n) is 1.08. The highest BCUT2D eigenvalue weighted by Gasteiger charge is 2.03. The van der Waals surface area contributed by atoms with Crippen molar-refractivity contribution in [3.63, 3.8) is 0 Å². The summed E-state index contributed by atoms with van der Waals surface area (Å²) in [6.07, 6.45) is 5.39. The van der Waals surface area contributed by atoms with E-state index in [1.807, 2.05) is 36.4 Å². The van der Waals surface area contributed by atoms with Crippen molar-refractivity contribution >= 4 is 28.0 Å². The highest BCUT2D eigenvalue weighted by molar-refractivity contribution is 9.12. The largest absolute Gasteiger partial charge is 0.462 e. The van der Waals surface area contributed by atoms with Gasteiger partial charge in [0.25, 0.3) is 0 Å². The molecule has 0 fully saturated rings. The van der Waals surface area contributed by atoms with E-state index < -0.39 is 0 Å². The topological polar surface area (TPSA) is 26.3 Å². The van der Waals surface area contributed by atoms with Crippen LogP contribution in [0.5, 0.6) is 0 Å². The predicted molar refractivity (Wildman–Crippen MR) is 69.1 cm³/mol. The van der Waals surface area contributed by atoms with Crippen molar-refractivity contribution in [1.82, 2.24) is 0 Å². The first-order chi connectivity index (χ1) is 7.74. The molecule has 0 aliphatic carbocycles. The Hall–Kier alpha value is -1.35. The van der Waals surface area contributed by atoms with Crippen molar-refractivity contribution in [3.05, 3.63) is 52.5 Å². The van der Waals surface area contributed by atoms with Crippen LogP contribution in [0, 0.1) is 0 Å². The lowest BCUT2D eigenvalue weighted by atomic mass is 10.2. The molecule has 1 aromatic rings. The second-order valence-electron chi connectivity index (χ2n) is 3.00. The van der Waals surface area contributed by atoms with E-state index in [1.165, 1.54) is 0 Å². The van der Waals surface area contributed by atoms with E-state index in [4.69, 9.17) is 4.74 Å². The number of rotatable bonds is 4. The van der Waals surface area contributed by atoms with E-state index in [0.29, 0.717) is 11.1 Å². The van der Waals surface area contributed by atoms with Crippen LogP contribution in [0.15, 0.2) is 47.0 Å². The number of esters is 1. The number of halogens is 1. The van der Waals surface area contributed by atoms with Crippen LogP contribution in [0.4, 0.5) is 0 Å². The fraction of sp³-hybridized carbons (Fsp3) is 0.154. The molecule has 0 aliphatic rings. The molecule has 0 aliphatic heterocycles. The molecule has 16 heavy (non-hydrogen) atoms. The van der Waals surface area contributed by atoms with Gasteiger partial charge in [0.05, 0.1) is 6.61 Å². The Morgan fingerprint density at radius 3 is 2.69 bits per heavy atom. The van der Waals surface area contributed by atoms with Crippen molar-refractivity contribution in [3.8, 4) is 0 Å². The minimum absolute atomic E-state index is 0.347. The third-order valence-corrected chi connectivity index (χ3v) is 2.39. The Morgan fingerprint density at radius 2 is 2.06 bits per heavy atom. The molecule has 1 aromatic carbocycles. The zero-order chi connectivity index (χ0) is 11.8. The Bertz CT molecular complexity index is 394. The van der Waals surface area contributed by atoms with E-state index in [0.717, 1.165) is 5.56 Å². The van der Waals surface area contributed by atoms with Gasteiger partial charge in [-0.3, -0.25) is 0 Å². The van der Waals surface area contributed by atoms with Gasteiger partial charge >= 0.3 is 5.97 Å². The van der Waals surface area contributed by atoms with Crippen LogP contribution in [-0.4, -0.2) is 12.6 Å². The lowest BCUT2D eigenvalue weighted by Crippen LogP contribution is -2.02. The average Bonchev–Trinajstić information content (AvgIpc) is 2.30. The van der Waals surface area contributed by atoms with E-state index in [-0.39, 0.29) is 5.97 Å². The highest BCUT2D eigenvalue weighted by Crippen LogP contribution is 2.08. The van der Waals surface area contributed by atoms with Gasteiger partial charge in [-0.25, -0.2) is 4.79 Å². The number of ether oxygens (including phenoxy) is 1. The maximum atomic E-state index is 11.2. The molecule has 84 valence electrons. The van der Waals surface area contributed by atoms with Crippen molar-refractivity contribution < 1.29 is 9.53 Å². The van der Waals surface area contributed by atoms with E-state index in [1.54, 1.807) is 19.1 Å². The molecule has 0 amide bonds. The van der Waals surface area contributed by atoms with Crippen LogP contribution in [0.3, 0.4) is 0 Å². The van der Waals surface area contributed by atoms with Crippen molar-refractivity contribution in [2.24, 2.45) is 0 Å². The summed E-state index contributed by atoms with van der Waals surface area (Å²) in [7, 11) is 0. The Morgan fingerprint density at radius 1 is 1.38 bits per heavy atom. The normalized spacial score (nSPS) is 11.8. The minimum atomic E-state index is -0.347. The van der Waals surface area contributed by atoms with Crippen molar-refractivity contribution in [2.45, 2.75) is 6.92 Å². The summed E-state index contributed by atoms with van der Waals surface area (Å²) >= 11 is 3.15. The van der Waals surface area contributed by atoms with Crippen LogP contribution in [0.25, 0.3) is 6.08 Å². The first-order valence-electron chi connectivity index (χ1n) is 5.00. The summed E-state index contributed by atoms with van der Waals surface area (Å²) in [6.45, 7) is 2.15. The van der Waals surface area contributed by atoms with Gasteiger partial charge in [0.15, 0.2) is 0 Å². The first-order valence-corrected chi connectivity index (χ1v) is 5.79. The highest BCUT2D eigenvalue weighted by atomic mass is 79.9. The lowest BCUT2D eigenvalue weighted by Gasteiger charge is -1.97. The van der Waals surface area contributed by atoms with Gasteiger partial charge in [-0.15, -0.1) is 0 Å². The molecule has 0 heterocycles. The van der Waals surface area contributed by atoms with E-state index in [2.05, 4.69) is 15.9 Å². The maximum Gasteiger partial charge on any atom is 0.345 e. The molecule has 0 atom stereocenters. The third kappa shape index (κ3) is 4.45. The van der Waals surface area contributed by atoms with Gasteiger partial charge in [0.2, 0.25) is 0 Å². The Balaban J connectivity index is 2.59. The Labute approximate surface area is 104 Å². The lowest BCUT2D eigenvalue weighted by molar-refractivity contribution is -0.137. The van der Waals surface area contributed by atoms with Crippen LogP contribution in [0.2, 0.25) is 0 Å². The summed E-state index contributed by atoms with van der Waals surface area (Å²) in [5.41, 5.74) is 1.09.